The van der Waals surface area contributed by atoms with Crippen LogP contribution in [-0.2, 0) is 21.4 Å². The highest BCUT2D eigenvalue weighted by Crippen LogP contribution is 2.22. The molecule has 1 heterocycles. The maximum atomic E-state index is 12.4. The number of hydrogen-bond acceptors (Lipinski definition) is 6. The van der Waals surface area contributed by atoms with Gasteiger partial charge in [-0.2, -0.15) is 0 Å². The lowest BCUT2D eigenvalue weighted by Crippen LogP contribution is -2.25. The van der Waals surface area contributed by atoms with E-state index in [0.29, 0.717) is 35.4 Å². The smallest absolute Gasteiger partial charge is 0.408 e. The molecule has 174 valence electrons. The Morgan fingerprint density at radius 1 is 1.18 bits per heavy atom. The molecule has 4 rings (SSSR count). The van der Waals surface area contributed by atoms with Gasteiger partial charge in [-0.15, -0.1) is 0 Å². The van der Waals surface area contributed by atoms with Crippen molar-refractivity contribution in [1.82, 2.24) is 14.2 Å². The monoisotopic (exact) mass is 470 g/mol. The van der Waals surface area contributed by atoms with Crippen molar-refractivity contribution >= 4 is 38.8 Å². The average molecular weight is 471 g/mol. The molecular weight excluding hydrogens is 444 g/mol. The van der Waals surface area contributed by atoms with Crippen LogP contribution in [0, 0.1) is 0 Å². The lowest BCUT2D eigenvalue weighted by Gasteiger charge is -2.09. The minimum atomic E-state index is -3.50. The number of fused-ring (bicyclic) bond motifs is 1. The number of oxazole rings is 1. The first kappa shape index (κ1) is 23.0. The highest BCUT2D eigenvalue weighted by Gasteiger charge is 2.27. The Balaban J connectivity index is 1.42. The van der Waals surface area contributed by atoms with E-state index in [1.807, 2.05) is 19.0 Å². The van der Waals surface area contributed by atoms with E-state index in [9.17, 15) is 18.0 Å². The summed E-state index contributed by atoms with van der Waals surface area (Å²) in [5.41, 5.74) is 2.29. The Bertz CT molecular complexity index is 1350. The number of amides is 1. The van der Waals surface area contributed by atoms with E-state index in [2.05, 4.69) is 10.0 Å². The molecular formula is C23H26N4O5S. The average Bonchev–Trinajstić information content (AvgIpc) is 3.51. The number of hydrogen-bond donors (Lipinski definition) is 2. The molecule has 1 aliphatic carbocycles. The summed E-state index contributed by atoms with van der Waals surface area (Å²) in [6.07, 6.45) is 4.71. The lowest BCUT2D eigenvalue weighted by molar-refractivity contribution is -0.111. The number of nitrogens with one attached hydrogen (secondary N) is 2. The van der Waals surface area contributed by atoms with Crippen molar-refractivity contribution in [1.29, 1.82) is 0 Å². The molecule has 0 spiro atoms. The maximum absolute atomic E-state index is 12.4. The first-order valence-corrected chi connectivity index (χ1v) is 12.1. The van der Waals surface area contributed by atoms with Gasteiger partial charge in [0.25, 0.3) is 0 Å². The highest BCUT2D eigenvalue weighted by molar-refractivity contribution is 7.89. The van der Waals surface area contributed by atoms with E-state index < -0.39 is 15.8 Å². The van der Waals surface area contributed by atoms with Crippen LogP contribution in [0.1, 0.15) is 18.4 Å². The number of sulfonamides is 1. The summed E-state index contributed by atoms with van der Waals surface area (Å²) in [6, 6.07) is 11.4. The Morgan fingerprint density at radius 3 is 2.58 bits per heavy atom. The molecule has 0 saturated heterocycles. The standard InChI is InChI=1S/C23H26N4O5S/c1-26(2)13-14-27-20-15-18(8-11-21(20)32-23(27)29)24-22(28)12-5-16-3-9-19(10-4-16)33(30,31)25-17-6-7-17/h3-5,8-12,15,17,25H,6-7,13-14H2,1-2H3,(H,24,28)/b12-5+. The molecule has 3 aromatic rings. The van der Waals surface area contributed by atoms with Gasteiger partial charge in [-0.05, 0) is 68.9 Å². The van der Waals surface area contributed by atoms with Gasteiger partial charge < -0.3 is 14.6 Å². The third kappa shape index (κ3) is 5.78. The number of likely N-dealkylation sites (N-methyl/N-ethyl adjacent to an activating group) is 1. The fourth-order valence-corrected chi connectivity index (χ4v) is 4.56. The summed E-state index contributed by atoms with van der Waals surface area (Å²) in [5.74, 6) is -0.792. The molecule has 2 N–H and O–H groups in total. The molecule has 0 bridgehead atoms. The summed E-state index contributed by atoms with van der Waals surface area (Å²) in [7, 11) is 0.336. The third-order valence-electron chi connectivity index (χ3n) is 5.22. The van der Waals surface area contributed by atoms with Crippen LogP contribution in [0.5, 0.6) is 0 Å². The van der Waals surface area contributed by atoms with Crippen LogP contribution in [0.25, 0.3) is 17.2 Å². The number of carbonyl (C=O) groups excluding carboxylic acids is 1. The number of anilines is 1. The van der Waals surface area contributed by atoms with Crippen molar-refractivity contribution < 1.29 is 17.6 Å². The van der Waals surface area contributed by atoms with Gasteiger partial charge in [-0.25, -0.2) is 17.9 Å². The first-order chi connectivity index (χ1) is 15.7. The van der Waals surface area contributed by atoms with Crippen LogP contribution in [0.3, 0.4) is 0 Å². The fourth-order valence-electron chi connectivity index (χ4n) is 3.25. The van der Waals surface area contributed by atoms with Crippen LogP contribution in [0.15, 0.2) is 62.6 Å². The number of aromatic nitrogens is 1. The quantitative estimate of drug-likeness (QED) is 0.464. The molecule has 0 radical (unpaired) electrons. The summed E-state index contributed by atoms with van der Waals surface area (Å²) in [6.45, 7) is 1.14. The Labute approximate surface area is 191 Å². The summed E-state index contributed by atoms with van der Waals surface area (Å²) in [5, 5.41) is 2.77. The van der Waals surface area contributed by atoms with E-state index in [0.717, 1.165) is 12.8 Å². The van der Waals surface area contributed by atoms with Crippen molar-refractivity contribution in [3.8, 4) is 0 Å². The molecule has 2 aromatic carbocycles. The third-order valence-corrected chi connectivity index (χ3v) is 6.76. The summed E-state index contributed by atoms with van der Waals surface area (Å²) >= 11 is 0. The van der Waals surface area contributed by atoms with Crippen LogP contribution in [0.2, 0.25) is 0 Å². The van der Waals surface area contributed by atoms with E-state index in [4.69, 9.17) is 4.42 Å². The number of nitrogens with zero attached hydrogens (tertiary/aromatic N) is 2. The lowest BCUT2D eigenvalue weighted by atomic mass is 10.2. The largest absolute Gasteiger partial charge is 0.419 e. The van der Waals surface area contributed by atoms with Crippen LogP contribution in [0.4, 0.5) is 5.69 Å². The molecule has 0 aliphatic heterocycles. The van der Waals surface area contributed by atoms with Crippen LogP contribution < -0.4 is 15.8 Å². The van der Waals surface area contributed by atoms with Crippen molar-refractivity contribution in [2.24, 2.45) is 0 Å². The number of carbonyl (C=O) groups is 1. The summed E-state index contributed by atoms with van der Waals surface area (Å²) < 4.78 is 33.9. The van der Waals surface area contributed by atoms with Gasteiger partial charge in [-0.1, -0.05) is 12.1 Å². The van der Waals surface area contributed by atoms with Gasteiger partial charge in [0.05, 0.1) is 10.4 Å². The van der Waals surface area contributed by atoms with Crippen molar-refractivity contribution in [3.05, 3.63) is 64.7 Å². The number of rotatable bonds is 9. The van der Waals surface area contributed by atoms with Gasteiger partial charge in [-0.3, -0.25) is 9.36 Å². The SMILES string of the molecule is CN(C)CCn1c(=O)oc2ccc(NC(=O)/C=C/c3ccc(S(=O)(=O)NC4CC4)cc3)cc21. The topological polar surface area (TPSA) is 114 Å². The Morgan fingerprint density at radius 2 is 1.91 bits per heavy atom. The molecule has 1 aromatic heterocycles. The molecule has 9 nitrogen and oxygen atoms in total. The number of benzene rings is 2. The minimum absolute atomic E-state index is 0.0437. The second-order valence-corrected chi connectivity index (χ2v) is 10.0. The molecule has 1 aliphatic rings. The van der Waals surface area contributed by atoms with Crippen LogP contribution >= 0.6 is 0 Å². The molecule has 10 heteroatoms. The maximum Gasteiger partial charge on any atom is 0.419 e. The zero-order chi connectivity index (χ0) is 23.6. The molecule has 0 atom stereocenters. The predicted molar refractivity (Wildman–Crippen MR) is 126 cm³/mol. The molecule has 1 amide bonds. The normalized spacial score (nSPS) is 14.4. The van der Waals surface area contributed by atoms with Crippen molar-refractivity contribution in [2.45, 2.75) is 30.3 Å². The van der Waals surface area contributed by atoms with E-state index in [1.54, 1.807) is 36.4 Å². The second kappa shape index (κ2) is 9.34. The van der Waals surface area contributed by atoms with E-state index >= 15 is 0 Å². The molecule has 1 saturated carbocycles. The Hall–Kier alpha value is -3.21. The van der Waals surface area contributed by atoms with Gasteiger partial charge in [0, 0.05) is 30.9 Å². The minimum Gasteiger partial charge on any atom is -0.408 e. The van der Waals surface area contributed by atoms with Gasteiger partial charge in [0.2, 0.25) is 15.9 Å². The van der Waals surface area contributed by atoms with E-state index in [1.165, 1.54) is 22.8 Å². The van der Waals surface area contributed by atoms with Gasteiger partial charge in [0.1, 0.15) is 0 Å². The first-order valence-electron chi connectivity index (χ1n) is 10.6. The Kier molecular flexibility index (Phi) is 6.50. The van der Waals surface area contributed by atoms with Gasteiger partial charge in [0.15, 0.2) is 5.58 Å². The highest BCUT2D eigenvalue weighted by atomic mass is 32.2. The van der Waals surface area contributed by atoms with Crippen molar-refractivity contribution in [2.75, 3.05) is 26.0 Å². The van der Waals surface area contributed by atoms with E-state index in [-0.39, 0.29) is 16.8 Å². The molecule has 0 unspecified atom stereocenters. The molecule has 33 heavy (non-hydrogen) atoms. The molecule has 1 fully saturated rings. The van der Waals surface area contributed by atoms with Crippen molar-refractivity contribution in [3.63, 3.8) is 0 Å². The fraction of sp³-hybridized carbons (Fsp3) is 0.304. The summed E-state index contributed by atoms with van der Waals surface area (Å²) in [4.78, 5) is 26.7. The van der Waals surface area contributed by atoms with Gasteiger partial charge >= 0.3 is 5.76 Å². The van der Waals surface area contributed by atoms with Crippen LogP contribution in [-0.4, -0.2) is 50.5 Å². The second-order valence-electron chi connectivity index (χ2n) is 8.29. The predicted octanol–water partition coefficient (Wildman–Crippen LogP) is 2.25. The zero-order valence-corrected chi connectivity index (χ0v) is 19.3. The zero-order valence-electron chi connectivity index (χ0n) is 18.4.